The molecule has 0 spiro atoms. The average molecular weight is 395 g/mol. The van der Waals surface area contributed by atoms with Gasteiger partial charge in [-0.25, -0.2) is 8.42 Å². The first-order valence-electron chi connectivity index (χ1n) is 8.12. The van der Waals surface area contributed by atoms with Gasteiger partial charge >= 0.3 is 0 Å². The molecule has 0 unspecified atom stereocenters. The number of amides is 1. The van der Waals surface area contributed by atoms with E-state index in [0.29, 0.717) is 22.8 Å². The van der Waals surface area contributed by atoms with Crippen molar-refractivity contribution >= 4 is 33.2 Å². The smallest absolute Gasteiger partial charge is 0.243 e. The van der Waals surface area contributed by atoms with Crippen LogP contribution >= 0.6 is 11.6 Å². The lowest BCUT2D eigenvalue weighted by atomic mass is 10.1. The highest BCUT2D eigenvalue weighted by atomic mass is 35.5. The van der Waals surface area contributed by atoms with Crippen LogP contribution in [-0.2, 0) is 21.4 Å². The van der Waals surface area contributed by atoms with E-state index in [-0.39, 0.29) is 12.5 Å². The van der Waals surface area contributed by atoms with E-state index in [2.05, 4.69) is 0 Å². The lowest BCUT2D eigenvalue weighted by Crippen LogP contribution is -2.41. The van der Waals surface area contributed by atoms with E-state index in [9.17, 15) is 13.2 Å². The molecule has 1 amide bonds. The Bertz CT molecular complexity index is 896. The van der Waals surface area contributed by atoms with E-state index in [1.165, 1.54) is 4.90 Å². The third-order valence-corrected chi connectivity index (χ3v) is 5.69. The van der Waals surface area contributed by atoms with Gasteiger partial charge in [-0.2, -0.15) is 0 Å². The maximum absolute atomic E-state index is 12.6. The summed E-state index contributed by atoms with van der Waals surface area (Å²) in [5.41, 5.74) is 3.16. The molecule has 0 fully saturated rings. The predicted octanol–water partition coefficient (Wildman–Crippen LogP) is 3.38. The minimum atomic E-state index is -3.64. The van der Waals surface area contributed by atoms with Crippen molar-refractivity contribution in [2.45, 2.75) is 20.4 Å². The van der Waals surface area contributed by atoms with E-state index in [0.717, 1.165) is 21.7 Å². The first-order chi connectivity index (χ1) is 12.1. The molecule has 140 valence electrons. The van der Waals surface area contributed by atoms with Gasteiger partial charge in [0.2, 0.25) is 15.9 Å². The minimum Gasteiger partial charge on any atom is -0.340 e. The maximum atomic E-state index is 12.6. The molecule has 2 aromatic rings. The number of benzene rings is 2. The molecule has 26 heavy (non-hydrogen) atoms. The Labute approximate surface area is 160 Å². The van der Waals surface area contributed by atoms with E-state index in [1.54, 1.807) is 32.2 Å². The standard InChI is InChI=1S/C19H23ClN2O3S/c1-14-8-10-16(11-9-14)12-21(3)19(23)13-22(26(4,24)25)18-7-5-6-17(20)15(18)2/h5-11H,12-13H2,1-4H3. The Kier molecular flexibility index (Phi) is 6.31. The van der Waals surface area contributed by atoms with Gasteiger partial charge in [-0.15, -0.1) is 0 Å². The van der Waals surface area contributed by atoms with Gasteiger partial charge in [0.1, 0.15) is 6.54 Å². The Morgan fingerprint density at radius 1 is 1.08 bits per heavy atom. The predicted molar refractivity (Wildman–Crippen MR) is 106 cm³/mol. The van der Waals surface area contributed by atoms with Gasteiger partial charge in [0, 0.05) is 18.6 Å². The number of sulfonamides is 1. The third kappa shape index (κ3) is 4.99. The van der Waals surface area contributed by atoms with Gasteiger partial charge in [0.25, 0.3) is 0 Å². The number of halogens is 1. The molecule has 0 bridgehead atoms. The fourth-order valence-corrected chi connectivity index (χ4v) is 3.62. The van der Waals surface area contributed by atoms with Crippen LogP contribution in [0.2, 0.25) is 5.02 Å². The summed E-state index contributed by atoms with van der Waals surface area (Å²) in [6, 6.07) is 12.9. The molecule has 5 nitrogen and oxygen atoms in total. The molecule has 2 aromatic carbocycles. The van der Waals surface area contributed by atoms with Gasteiger partial charge in [0.05, 0.1) is 11.9 Å². The summed E-state index contributed by atoms with van der Waals surface area (Å²) in [5.74, 6) is -0.296. The van der Waals surface area contributed by atoms with Crippen molar-refractivity contribution in [2.24, 2.45) is 0 Å². The Hall–Kier alpha value is -2.05. The molecule has 0 N–H and O–H groups in total. The van der Waals surface area contributed by atoms with Crippen LogP contribution in [0.1, 0.15) is 16.7 Å². The zero-order valence-electron chi connectivity index (χ0n) is 15.4. The second-order valence-electron chi connectivity index (χ2n) is 6.39. The molecule has 0 saturated heterocycles. The molecule has 0 atom stereocenters. The SMILES string of the molecule is Cc1ccc(CN(C)C(=O)CN(c2cccc(Cl)c2C)S(C)(=O)=O)cc1. The number of rotatable bonds is 6. The molecule has 0 aliphatic carbocycles. The normalized spacial score (nSPS) is 11.3. The molecular weight excluding hydrogens is 372 g/mol. The molecule has 0 aliphatic rings. The van der Waals surface area contributed by atoms with E-state index < -0.39 is 10.0 Å². The van der Waals surface area contributed by atoms with Gasteiger partial charge in [-0.1, -0.05) is 47.5 Å². The van der Waals surface area contributed by atoms with Crippen molar-refractivity contribution in [3.8, 4) is 0 Å². The topological polar surface area (TPSA) is 57.7 Å². The lowest BCUT2D eigenvalue weighted by molar-refractivity contribution is -0.128. The number of carbonyl (C=O) groups is 1. The molecule has 0 saturated carbocycles. The molecule has 2 rings (SSSR count). The summed E-state index contributed by atoms with van der Waals surface area (Å²) in [6.45, 7) is 3.86. The number of aryl methyl sites for hydroxylation is 1. The van der Waals surface area contributed by atoms with Gasteiger partial charge in [0.15, 0.2) is 0 Å². The van der Waals surface area contributed by atoms with Crippen molar-refractivity contribution < 1.29 is 13.2 Å². The Balaban J connectivity index is 2.21. The summed E-state index contributed by atoms with van der Waals surface area (Å²) < 4.78 is 25.6. The van der Waals surface area contributed by atoms with Gasteiger partial charge in [-0.3, -0.25) is 9.10 Å². The number of hydrogen-bond acceptors (Lipinski definition) is 3. The van der Waals surface area contributed by atoms with Crippen LogP contribution in [0, 0.1) is 13.8 Å². The quantitative estimate of drug-likeness (QED) is 0.754. The maximum Gasteiger partial charge on any atom is 0.243 e. The second kappa shape index (κ2) is 8.10. The zero-order valence-corrected chi connectivity index (χ0v) is 16.9. The third-order valence-electron chi connectivity index (χ3n) is 4.15. The lowest BCUT2D eigenvalue weighted by Gasteiger charge is -2.26. The van der Waals surface area contributed by atoms with Crippen molar-refractivity contribution in [3.05, 3.63) is 64.2 Å². The molecule has 0 radical (unpaired) electrons. The monoisotopic (exact) mass is 394 g/mol. The summed E-state index contributed by atoms with van der Waals surface area (Å²) >= 11 is 6.11. The van der Waals surface area contributed by atoms with Crippen molar-refractivity contribution in [1.82, 2.24) is 4.90 Å². The highest BCUT2D eigenvalue weighted by Crippen LogP contribution is 2.28. The number of anilines is 1. The summed E-state index contributed by atoms with van der Waals surface area (Å²) in [5, 5.41) is 0.455. The van der Waals surface area contributed by atoms with Crippen LogP contribution in [0.25, 0.3) is 0 Å². The fourth-order valence-electron chi connectivity index (χ4n) is 2.55. The van der Waals surface area contributed by atoms with Crippen molar-refractivity contribution in [2.75, 3.05) is 24.2 Å². The van der Waals surface area contributed by atoms with Crippen LogP contribution in [0.4, 0.5) is 5.69 Å². The first-order valence-corrected chi connectivity index (χ1v) is 10.3. The van der Waals surface area contributed by atoms with Crippen LogP contribution < -0.4 is 4.31 Å². The molecule has 7 heteroatoms. The number of carbonyl (C=O) groups excluding carboxylic acids is 1. The van der Waals surface area contributed by atoms with Crippen LogP contribution in [0.3, 0.4) is 0 Å². The van der Waals surface area contributed by atoms with Crippen LogP contribution in [-0.4, -0.2) is 39.1 Å². The number of likely N-dealkylation sites (N-methyl/N-ethyl adjacent to an activating group) is 1. The Morgan fingerprint density at radius 2 is 1.69 bits per heavy atom. The first kappa shape index (κ1) is 20.3. The average Bonchev–Trinajstić information content (AvgIpc) is 2.56. The zero-order chi connectivity index (χ0) is 19.5. The molecular formula is C19H23ClN2O3S. The fraction of sp³-hybridized carbons (Fsp3) is 0.316. The largest absolute Gasteiger partial charge is 0.340 e. The van der Waals surface area contributed by atoms with E-state index >= 15 is 0 Å². The molecule has 0 aromatic heterocycles. The van der Waals surface area contributed by atoms with Gasteiger partial charge in [-0.05, 0) is 37.1 Å². The summed E-state index contributed by atoms with van der Waals surface area (Å²) in [6.07, 6.45) is 1.08. The number of hydrogen-bond donors (Lipinski definition) is 0. The highest BCUT2D eigenvalue weighted by Gasteiger charge is 2.24. The van der Waals surface area contributed by atoms with Crippen LogP contribution in [0.5, 0.6) is 0 Å². The van der Waals surface area contributed by atoms with E-state index in [1.807, 2.05) is 31.2 Å². The van der Waals surface area contributed by atoms with Crippen molar-refractivity contribution in [1.29, 1.82) is 0 Å². The Morgan fingerprint density at radius 3 is 2.27 bits per heavy atom. The summed E-state index contributed by atoms with van der Waals surface area (Å²) in [4.78, 5) is 14.1. The highest BCUT2D eigenvalue weighted by molar-refractivity contribution is 7.92. The van der Waals surface area contributed by atoms with Crippen molar-refractivity contribution in [3.63, 3.8) is 0 Å². The second-order valence-corrected chi connectivity index (χ2v) is 8.70. The van der Waals surface area contributed by atoms with Gasteiger partial charge < -0.3 is 4.90 Å². The molecule has 0 heterocycles. The minimum absolute atomic E-state index is 0.275. The number of nitrogens with zero attached hydrogens (tertiary/aromatic N) is 2. The van der Waals surface area contributed by atoms with E-state index in [4.69, 9.17) is 11.6 Å². The van der Waals surface area contributed by atoms with Crippen LogP contribution in [0.15, 0.2) is 42.5 Å². The summed E-state index contributed by atoms with van der Waals surface area (Å²) in [7, 11) is -1.98. The molecule has 0 aliphatic heterocycles.